The molecule has 2 aromatic rings. The molecule has 6 heteroatoms. The van der Waals surface area contributed by atoms with Crippen molar-refractivity contribution in [2.75, 3.05) is 14.1 Å². The van der Waals surface area contributed by atoms with Crippen molar-refractivity contribution in [3.63, 3.8) is 0 Å². The molecule has 26 heavy (non-hydrogen) atoms. The molecule has 1 aliphatic rings. The molecule has 1 aromatic carbocycles. The molecule has 1 amide bonds. The van der Waals surface area contributed by atoms with Gasteiger partial charge < -0.3 is 9.64 Å². The van der Waals surface area contributed by atoms with Crippen molar-refractivity contribution in [2.45, 2.75) is 51.9 Å². The molecule has 0 saturated heterocycles. The number of carbonyl (C=O) groups is 1. The van der Waals surface area contributed by atoms with E-state index in [0.29, 0.717) is 18.7 Å². The summed E-state index contributed by atoms with van der Waals surface area (Å²) in [6, 6.07) is 6.37. The maximum Gasteiger partial charge on any atom is 0.274 e. The molecule has 0 fully saturated rings. The van der Waals surface area contributed by atoms with Crippen LogP contribution < -0.4 is 0 Å². The van der Waals surface area contributed by atoms with Crippen molar-refractivity contribution in [1.29, 1.82) is 0 Å². The van der Waals surface area contributed by atoms with E-state index in [1.807, 2.05) is 4.68 Å². The summed E-state index contributed by atoms with van der Waals surface area (Å²) in [5.41, 5.74) is 3.68. The Morgan fingerprint density at radius 2 is 2.08 bits per heavy atom. The van der Waals surface area contributed by atoms with Gasteiger partial charge in [-0.1, -0.05) is 19.1 Å². The number of ether oxygens (including phenoxy) is 1. The monoisotopic (exact) mass is 359 g/mol. The molecule has 5 nitrogen and oxygen atoms in total. The quantitative estimate of drug-likeness (QED) is 0.796. The number of aryl methyl sites for hydroxylation is 1. The summed E-state index contributed by atoms with van der Waals surface area (Å²) in [5.74, 6) is -0.304. The number of fused-ring (bicyclic) bond motifs is 1. The molecule has 0 bridgehead atoms. The summed E-state index contributed by atoms with van der Waals surface area (Å²) >= 11 is 0. The first-order chi connectivity index (χ1) is 12.5. The summed E-state index contributed by atoms with van der Waals surface area (Å²) in [6.07, 6.45) is 3.47. The van der Waals surface area contributed by atoms with Gasteiger partial charge in [0.25, 0.3) is 5.91 Å². The van der Waals surface area contributed by atoms with Crippen LogP contribution in [0.2, 0.25) is 0 Å². The van der Waals surface area contributed by atoms with E-state index in [1.54, 1.807) is 31.1 Å². The highest BCUT2D eigenvalue weighted by molar-refractivity contribution is 5.93. The Morgan fingerprint density at radius 3 is 2.73 bits per heavy atom. The van der Waals surface area contributed by atoms with Crippen molar-refractivity contribution < 1.29 is 13.9 Å². The summed E-state index contributed by atoms with van der Waals surface area (Å²) in [5, 5.41) is 4.59. The molecule has 1 unspecified atom stereocenters. The van der Waals surface area contributed by atoms with Gasteiger partial charge in [0, 0.05) is 38.3 Å². The minimum atomic E-state index is -0.244. The number of nitrogens with zero attached hydrogens (tertiary/aromatic N) is 3. The minimum absolute atomic E-state index is 0.0422. The Morgan fingerprint density at radius 1 is 1.35 bits per heavy atom. The minimum Gasteiger partial charge on any atom is -0.373 e. The SMILES string of the molecule is CCCn1nc(C(=O)N(C)C)c2c1CCC(OCc1ccc(F)cc1)C2. The summed E-state index contributed by atoms with van der Waals surface area (Å²) < 4.78 is 21.0. The van der Waals surface area contributed by atoms with Crippen molar-refractivity contribution in [3.8, 4) is 0 Å². The average molecular weight is 359 g/mol. The van der Waals surface area contributed by atoms with Crippen LogP contribution in [0.5, 0.6) is 0 Å². The molecule has 0 aliphatic heterocycles. The Hall–Kier alpha value is -2.21. The normalized spacial score (nSPS) is 16.4. The molecule has 3 rings (SSSR count). The fourth-order valence-electron chi connectivity index (χ4n) is 3.37. The van der Waals surface area contributed by atoms with Crippen LogP contribution in [0.15, 0.2) is 24.3 Å². The second-order valence-corrected chi connectivity index (χ2v) is 7.00. The molecule has 1 aromatic heterocycles. The summed E-state index contributed by atoms with van der Waals surface area (Å²) in [4.78, 5) is 14.1. The predicted molar refractivity (Wildman–Crippen MR) is 97.5 cm³/mol. The number of aromatic nitrogens is 2. The van der Waals surface area contributed by atoms with Crippen LogP contribution in [-0.2, 0) is 30.7 Å². The highest BCUT2D eigenvalue weighted by Crippen LogP contribution is 2.28. The molecular weight excluding hydrogens is 333 g/mol. The van der Waals surface area contributed by atoms with Crippen molar-refractivity contribution in [1.82, 2.24) is 14.7 Å². The zero-order valence-electron chi connectivity index (χ0n) is 15.7. The smallest absolute Gasteiger partial charge is 0.274 e. The molecular formula is C20H26FN3O2. The van der Waals surface area contributed by atoms with E-state index in [4.69, 9.17) is 4.74 Å². The molecule has 140 valence electrons. The first-order valence-electron chi connectivity index (χ1n) is 9.15. The number of benzene rings is 1. The molecule has 1 heterocycles. The van der Waals surface area contributed by atoms with E-state index >= 15 is 0 Å². The first kappa shape index (κ1) is 18.6. The third kappa shape index (κ3) is 3.96. The molecule has 0 spiro atoms. The van der Waals surface area contributed by atoms with Gasteiger partial charge in [-0.15, -0.1) is 0 Å². The van der Waals surface area contributed by atoms with E-state index in [2.05, 4.69) is 12.0 Å². The Balaban J connectivity index is 1.75. The van der Waals surface area contributed by atoms with E-state index in [0.717, 1.165) is 36.9 Å². The predicted octanol–water partition coefficient (Wildman–Crippen LogP) is 3.21. The first-order valence-corrected chi connectivity index (χ1v) is 9.15. The van der Waals surface area contributed by atoms with Crippen LogP contribution in [-0.4, -0.2) is 40.8 Å². The maximum atomic E-state index is 13.0. The van der Waals surface area contributed by atoms with Crippen LogP contribution in [0.25, 0.3) is 0 Å². The number of rotatable bonds is 6. The molecule has 0 radical (unpaired) electrons. The largest absolute Gasteiger partial charge is 0.373 e. The van der Waals surface area contributed by atoms with Crippen molar-refractivity contribution in [3.05, 3.63) is 52.6 Å². The molecule has 0 N–H and O–H groups in total. The van der Waals surface area contributed by atoms with Crippen molar-refractivity contribution in [2.24, 2.45) is 0 Å². The van der Waals surface area contributed by atoms with Crippen LogP contribution in [0.4, 0.5) is 4.39 Å². The zero-order valence-corrected chi connectivity index (χ0v) is 15.7. The van der Waals surface area contributed by atoms with Crippen LogP contribution in [0, 0.1) is 5.82 Å². The van der Waals surface area contributed by atoms with Gasteiger partial charge in [-0.2, -0.15) is 5.10 Å². The fourth-order valence-corrected chi connectivity index (χ4v) is 3.37. The van der Waals surface area contributed by atoms with E-state index in [-0.39, 0.29) is 17.8 Å². The molecule has 0 saturated carbocycles. The summed E-state index contributed by atoms with van der Waals surface area (Å²) in [6.45, 7) is 3.38. The topological polar surface area (TPSA) is 47.4 Å². The highest BCUT2D eigenvalue weighted by Gasteiger charge is 2.30. The lowest BCUT2D eigenvalue weighted by atomic mass is 9.92. The lowest BCUT2D eigenvalue weighted by Crippen LogP contribution is -2.27. The number of amides is 1. The Bertz CT molecular complexity index is 768. The molecule has 1 atom stereocenters. The van der Waals surface area contributed by atoms with Gasteiger partial charge in [0.05, 0.1) is 12.7 Å². The number of halogens is 1. The van der Waals surface area contributed by atoms with E-state index < -0.39 is 0 Å². The maximum absolute atomic E-state index is 13.0. The lowest BCUT2D eigenvalue weighted by molar-refractivity contribution is 0.0312. The fraction of sp³-hybridized carbons (Fsp3) is 0.500. The lowest BCUT2D eigenvalue weighted by Gasteiger charge is -2.24. The van der Waals surface area contributed by atoms with Crippen LogP contribution >= 0.6 is 0 Å². The van der Waals surface area contributed by atoms with Gasteiger partial charge in [-0.05, 0) is 37.0 Å². The highest BCUT2D eigenvalue weighted by atomic mass is 19.1. The Labute approximate surface area is 153 Å². The number of carbonyl (C=O) groups excluding carboxylic acids is 1. The van der Waals surface area contributed by atoms with Gasteiger partial charge in [-0.25, -0.2) is 4.39 Å². The number of hydrogen-bond donors (Lipinski definition) is 0. The van der Waals surface area contributed by atoms with Gasteiger partial charge in [0.15, 0.2) is 5.69 Å². The molecule has 1 aliphatic carbocycles. The second kappa shape index (κ2) is 7.99. The van der Waals surface area contributed by atoms with Crippen molar-refractivity contribution >= 4 is 5.91 Å². The van der Waals surface area contributed by atoms with E-state index in [9.17, 15) is 9.18 Å². The Kier molecular flexibility index (Phi) is 5.71. The summed E-state index contributed by atoms with van der Waals surface area (Å²) in [7, 11) is 3.50. The van der Waals surface area contributed by atoms with Crippen LogP contribution in [0.3, 0.4) is 0 Å². The van der Waals surface area contributed by atoms with Gasteiger partial charge >= 0.3 is 0 Å². The zero-order chi connectivity index (χ0) is 18.7. The van der Waals surface area contributed by atoms with E-state index in [1.165, 1.54) is 17.8 Å². The van der Waals surface area contributed by atoms with Gasteiger partial charge in [-0.3, -0.25) is 9.48 Å². The standard InChI is InChI=1S/C20H26FN3O2/c1-4-11-24-18-10-9-16(26-13-14-5-7-15(21)8-6-14)12-17(18)19(22-24)20(25)23(2)3/h5-8,16H,4,9-13H2,1-3H3. The van der Waals surface area contributed by atoms with Gasteiger partial charge in [0.1, 0.15) is 5.82 Å². The number of hydrogen-bond acceptors (Lipinski definition) is 3. The second-order valence-electron chi connectivity index (χ2n) is 7.00. The third-order valence-electron chi connectivity index (χ3n) is 4.74. The van der Waals surface area contributed by atoms with Crippen LogP contribution in [0.1, 0.15) is 47.1 Å². The third-order valence-corrected chi connectivity index (χ3v) is 4.74. The average Bonchev–Trinajstić information content (AvgIpc) is 2.98. The van der Waals surface area contributed by atoms with Gasteiger partial charge in [0.2, 0.25) is 0 Å².